The summed E-state index contributed by atoms with van der Waals surface area (Å²) in [6, 6.07) is 16.0. The van der Waals surface area contributed by atoms with E-state index in [2.05, 4.69) is 15.5 Å². The van der Waals surface area contributed by atoms with Crippen molar-refractivity contribution in [2.24, 2.45) is 0 Å². The summed E-state index contributed by atoms with van der Waals surface area (Å²) in [4.78, 5) is 12.8. The first-order chi connectivity index (χ1) is 13.8. The molecule has 1 aromatic heterocycles. The van der Waals surface area contributed by atoms with Gasteiger partial charge in [0, 0.05) is 12.0 Å². The Morgan fingerprint density at radius 2 is 1.69 bits per heavy atom. The van der Waals surface area contributed by atoms with Crippen molar-refractivity contribution in [1.82, 2.24) is 15.5 Å². The van der Waals surface area contributed by atoms with E-state index in [4.69, 9.17) is 4.42 Å². The molecule has 0 aliphatic rings. The van der Waals surface area contributed by atoms with E-state index in [1.807, 2.05) is 49.4 Å². The molecule has 0 radical (unpaired) electrons. The van der Waals surface area contributed by atoms with Gasteiger partial charge in [-0.1, -0.05) is 53.6 Å². The average molecular weight is 413 g/mol. The van der Waals surface area contributed by atoms with Gasteiger partial charge in [-0.25, -0.2) is 8.42 Å². The molecule has 152 valence electrons. The van der Waals surface area contributed by atoms with E-state index in [1.54, 1.807) is 26.0 Å². The van der Waals surface area contributed by atoms with Gasteiger partial charge in [0.15, 0.2) is 0 Å². The number of nitrogens with zero attached hydrogens (tertiary/aromatic N) is 2. The van der Waals surface area contributed by atoms with Gasteiger partial charge in [0.25, 0.3) is 5.91 Å². The standard InChI is InChI=1S/C21H23N3O4S/c1-14(2)29(26,27)21-24-23-20(28-21)18(13-16-10-5-4-6-11-16)22-19(25)17-12-8-7-9-15(17)3/h4-12,14,18H,13H2,1-3H3,(H,22,25)/t18-/m0/s1. The predicted octanol–water partition coefficient (Wildman–Crippen LogP) is 3.27. The molecule has 1 heterocycles. The molecule has 3 aromatic rings. The number of hydrogen-bond donors (Lipinski definition) is 1. The Morgan fingerprint density at radius 3 is 2.34 bits per heavy atom. The SMILES string of the molecule is Cc1ccccc1C(=O)N[C@@H](Cc1ccccc1)c1nnc(S(=O)(=O)C(C)C)o1. The third-order valence-electron chi connectivity index (χ3n) is 4.56. The third kappa shape index (κ3) is 4.71. The Hall–Kier alpha value is -3.00. The molecule has 0 aliphatic heterocycles. The molecule has 1 amide bonds. The average Bonchev–Trinajstić information content (AvgIpc) is 3.19. The number of carbonyl (C=O) groups is 1. The van der Waals surface area contributed by atoms with E-state index in [1.165, 1.54) is 0 Å². The summed E-state index contributed by atoms with van der Waals surface area (Å²) in [6.07, 6.45) is 0.377. The van der Waals surface area contributed by atoms with E-state index in [0.717, 1.165) is 11.1 Å². The lowest BCUT2D eigenvalue weighted by Crippen LogP contribution is -2.30. The zero-order valence-electron chi connectivity index (χ0n) is 16.5. The molecular formula is C21H23N3O4S. The van der Waals surface area contributed by atoms with Gasteiger partial charge in [-0.15, -0.1) is 5.10 Å². The number of sulfone groups is 1. The molecule has 1 N–H and O–H groups in total. The second-order valence-electron chi connectivity index (χ2n) is 7.03. The van der Waals surface area contributed by atoms with Crippen molar-refractivity contribution in [2.45, 2.75) is 43.7 Å². The van der Waals surface area contributed by atoms with Crippen LogP contribution in [0.5, 0.6) is 0 Å². The summed E-state index contributed by atoms with van der Waals surface area (Å²) >= 11 is 0. The zero-order valence-corrected chi connectivity index (χ0v) is 17.3. The van der Waals surface area contributed by atoms with Crippen LogP contribution in [0.25, 0.3) is 0 Å². The molecule has 0 bridgehead atoms. The van der Waals surface area contributed by atoms with Gasteiger partial charge < -0.3 is 9.73 Å². The summed E-state index contributed by atoms with van der Waals surface area (Å²) < 4.78 is 30.1. The van der Waals surface area contributed by atoms with Crippen LogP contribution in [0.1, 0.15) is 47.3 Å². The number of rotatable bonds is 7. The minimum Gasteiger partial charge on any atom is -0.410 e. The van der Waals surface area contributed by atoms with Crippen LogP contribution in [-0.2, 0) is 16.3 Å². The van der Waals surface area contributed by atoms with Crippen LogP contribution >= 0.6 is 0 Å². The summed E-state index contributed by atoms with van der Waals surface area (Å²) in [6.45, 7) is 4.93. The van der Waals surface area contributed by atoms with Gasteiger partial charge >= 0.3 is 5.22 Å². The Kier molecular flexibility index (Phi) is 6.12. The minimum atomic E-state index is -3.70. The molecule has 0 unspecified atom stereocenters. The van der Waals surface area contributed by atoms with E-state index >= 15 is 0 Å². The topological polar surface area (TPSA) is 102 Å². The number of nitrogens with one attached hydrogen (secondary N) is 1. The molecule has 0 saturated heterocycles. The highest BCUT2D eigenvalue weighted by atomic mass is 32.2. The van der Waals surface area contributed by atoms with Gasteiger partial charge in [0.1, 0.15) is 6.04 Å². The first kappa shape index (κ1) is 20.7. The highest BCUT2D eigenvalue weighted by molar-refractivity contribution is 7.91. The second-order valence-corrected chi connectivity index (χ2v) is 9.41. The van der Waals surface area contributed by atoms with Crippen molar-refractivity contribution in [3.8, 4) is 0 Å². The normalized spacial score (nSPS) is 12.7. The Morgan fingerprint density at radius 1 is 1.03 bits per heavy atom. The van der Waals surface area contributed by atoms with Crippen molar-refractivity contribution in [1.29, 1.82) is 0 Å². The number of benzene rings is 2. The first-order valence-corrected chi connectivity index (χ1v) is 10.8. The van der Waals surface area contributed by atoms with Crippen LogP contribution in [-0.4, -0.2) is 29.8 Å². The molecule has 1 atom stereocenters. The lowest BCUT2D eigenvalue weighted by molar-refractivity contribution is 0.0928. The Balaban J connectivity index is 1.93. The fourth-order valence-corrected chi connectivity index (χ4v) is 3.55. The Bertz CT molecular complexity index is 1090. The highest BCUT2D eigenvalue weighted by Gasteiger charge is 2.29. The summed E-state index contributed by atoms with van der Waals surface area (Å²) in [5.74, 6) is -0.245. The van der Waals surface area contributed by atoms with E-state index < -0.39 is 26.4 Å². The quantitative estimate of drug-likeness (QED) is 0.638. The fraction of sp³-hybridized carbons (Fsp3) is 0.286. The smallest absolute Gasteiger partial charge is 0.335 e. The highest BCUT2D eigenvalue weighted by Crippen LogP contribution is 2.22. The molecule has 0 aliphatic carbocycles. The lowest BCUT2D eigenvalue weighted by Gasteiger charge is -2.16. The van der Waals surface area contributed by atoms with Crippen LogP contribution < -0.4 is 5.32 Å². The maximum atomic E-state index is 12.8. The molecule has 8 heteroatoms. The van der Waals surface area contributed by atoms with Crippen LogP contribution in [0, 0.1) is 6.92 Å². The minimum absolute atomic E-state index is 0.0509. The summed E-state index contributed by atoms with van der Waals surface area (Å²) in [5.41, 5.74) is 2.30. The van der Waals surface area contributed by atoms with Gasteiger partial charge in [-0.3, -0.25) is 4.79 Å². The van der Waals surface area contributed by atoms with Crippen molar-refractivity contribution in [2.75, 3.05) is 0 Å². The molecule has 29 heavy (non-hydrogen) atoms. The first-order valence-electron chi connectivity index (χ1n) is 9.26. The number of hydrogen-bond acceptors (Lipinski definition) is 6. The van der Waals surface area contributed by atoms with Crippen molar-refractivity contribution < 1.29 is 17.6 Å². The van der Waals surface area contributed by atoms with Crippen LogP contribution in [0.15, 0.2) is 64.2 Å². The third-order valence-corrected chi connectivity index (χ3v) is 6.45. The number of aromatic nitrogens is 2. The van der Waals surface area contributed by atoms with E-state index in [0.29, 0.717) is 12.0 Å². The van der Waals surface area contributed by atoms with Gasteiger partial charge in [-0.2, -0.15) is 0 Å². The largest absolute Gasteiger partial charge is 0.410 e. The van der Waals surface area contributed by atoms with Crippen LogP contribution in [0.4, 0.5) is 0 Å². The summed E-state index contributed by atoms with van der Waals surface area (Å²) in [5, 5.41) is 9.41. The van der Waals surface area contributed by atoms with Crippen LogP contribution in [0.3, 0.4) is 0 Å². The van der Waals surface area contributed by atoms with Gasteiger partial charge in [-0.05, 0) is 38.0 Å². The maximum Gasteiger partial charge on any atom is 0.335 e. The van der Waals surface area contributed by atoms with E-state index in [9.17, 15) is 13.2 Å². The van der Waals surface area contributed by atoms with Crippen molar-refractivity contribution in [3.05, 3.63) is 77.2 Å². The number of amides is 1. The van der Waals surface area contributed by atoms with Crippen molar-refractivity contribution >= 4 is 15.7 Å². The number of carbonyl (C=O) groups excluding carboxylic acids is 1. The molecule has 0 spiro atoms. The zero-order chi connectivity index (χ0) is 21.0. The number of aryl methyl sites for hydroxylation is 1. The van der Waals surface area contributed by atoms with Gasteiger partial charge in [0.2, 0.25) is 15.7 Å². The lowest BCUT2D eigenvalue weighted by atomic mass is 10.0. The second kappa shape index (κ2) is 8.57. The molecule has 3 rings (SSSR count). The summed E-state index contributed by atoms with van der Waals surface area (Å²) in [7, 11) is -3.70. The van der Waals surface area contributed by atoms with E-state index in [-0.39, 0.29) is 11.8 Å². The molecule has 0 saturated carbocycles. The molecular weight excluding hydrogens is 390 g/mol. The molecule has 2 aromatic carbocycles. The monoisotopic (exact) mass is 413 g/mol. The van der Waals surface area contributed by atoms with Gasteiger partial charge in [0.05, 0.1) is 5.25 Å². The maximum absolute atomic E-state index is 12.8. The molecule has 7 nitrogen and oxygen atoms in total. The fourth-order valence-electron chi connectivity index (χ4n) is 2.79. The van der Waals surface area contributed by atoms with Crippen molar-refractivity contribution in [3.63, 3.8) is 0 Å². The van der Waals surface area contributed by atoms with Crippen LogP contribution in [0.2, 0.25) is 0 Å². The predicted molar refractivity (Wildman–Crippen MR) is 108 cm³/mol. The Labute approximate surface area is 170 Å². The molecule has 0 fully saturated rings.